The van der Waals surface area contributed by atoms with Crippen molar-refractivity contribution in [3.8, 4) is 11.3 Å². The molecule has 0 radical (unpaired) electrons. The van der Waals surface area contributed by atoms with Crippen LogP contribution in [0.2, 0.25) is 0 Å². The van der Waals surface area contributed by atoms with Crippen LogP contribution in [-0.2, 0) is 4.74 Å². The van der Waals surface area contributed by atoms with E-state index in [1.54, 1.807) is 45.2 Å². The number of nitrogens with zero attached hydrogens (tertiary/aromatic N) is 2. The lowest BCUT2D eigenvalue weighted by molar-refractivity contribution is 0.0540. The predicted octanol–water partition coefficient (Wildman–Crippen LogP) is 3.38. The van der Waals surface area contributed by atoms with E-state index in [-0.39, 0.29) is 17.7 Å². The number of fused-ring (bicyclic) bond motifs is 3. The Morgan fingerprint density at radius 3 is 2.67 bits per heavy atom. The van der Waals surface area contributed by atoms with E-state index in [1.807, 2.05) is 12.1 Å². The highest BCUT2D eigenvalue weighted by Crippen LogP contribution is 2.37. The number of likely N-dealkylation sites (tertiary alicyclic amines) is 1. The van der Waals surface area contributed by atoms with Gasteiger partial charge in [0.1, 0.15) is 5.60 Å². The number of nitrogens with one attached hydrogen (secondary N) is 1. The van der Waals surface area contributed by atoms with Crippen LogP contribution in [0.1, 0.15) is 42.6 Å². The van der Waals surface area contributed by atoms with Crippen molar-refractivity contribution in [2.45, 2.75) is 32.3 Å². The van der Waals surface area contributed by atoms with Gasteiger partial charge in [0, 0.05) is 43.2 Å². The third kappa shape index (κ3) is 3.65. The van der Waals surface area contributed by atoms with Gasteiger partial charge in [0.2, 0.25) is 0 Å². The van der Waals surface area contributed by atoms with Gasteiger partial charge in [0.25, 0.3) is 5.91 Å². The molecule has 1 fully saturated rings. The van der Waals surface area contributed by atoms with E-state index in [0.29, 0.717) is 36.5 Å². The van der Waals surface area contributed by atoms with Crippen molar-refractivity contribution in [3.05, 3.63) is 47.7 Å². The quantitative estimate of drug-likeness (QED) is 0.749. The largest absolute Gasteiger partial charge is 0.465 e. The maximum absolute atomic E-state index is 12.7. The van der Waals surface area contributed by atoms with Crippen molar-refractivity contribution in [1.82, 2.24) is 14.8 Å². The molecule has 4 rings (SSSR count). The lowest BCUT2D eigenvalue weighted by Gasteiger charge is -2.21. The molecule has 0 spiro atoms. The Kier molecular flexibility index (Phi) is 4.80. The highest BCUT2D eigenvalue weighted by Gasteiger charge is 2.40. The van der Waals surface area contributed by atoms with Gasteiger partial charge in [-0.1, -0.05) is 12.1 Å². The van der Waals surface area contributed by atoms with Crippen LogP contribution < -0.4 is 5.32 Å². The van der Waals surface area contributed by atoms with Gasteiger partial charge in [0.05, 0.1) is 5.69 Å². The Morgan fingerprint density at radius 1 is 1.20 bits per heavy atom. The number of amides is 2. The lowest BCUT2D eigenvalue weighted by Crippen LogP contribution is -2.31. The zero-order valence-corrected chi connectivity index (χ0v) is 17.2. The SMILES string of the molecule is CC(C)(C)OC(=O)n1cccc1-c1ccc2c(c1)C(=O)NCC1CN(C(=O)O)CC21. The maximum atomic E-state index is 12.7. The fraction of sp³-hybridized carbons (Fsp3) is 0.409. The summed E-state index contributed by atoms with van der Waals surface area (Å²) in [6.45, 7) is 6.63. The summed E-state index contributed by atoms with van der Waals surface area (Å²) in [5.74, 6) is -0.178. The lowest BCUT2D eigenvalue weighted by atomic mass is 9.86. The Labute approximate surface area is 174 Å². The van der Waals surface area contributed by atoms with Gasteiger partial charge in [-0.15, -0.1) is 0 Å². The van der Waals surface area contributed by atoms with Crippen LogP contribution in [0.3, 0.4) is 0 Å². The molecule has 1 aromatic heterocycles. The van der Waals surface area contributed by atoms with Crippen molar-refractivity contribution >= 4 is 18.1 Å². The zero-order chi connectivity index (χ0) is 21.6. The summed E-state index contributed by atoms with van der Waals surface area (Å²) in [6.07, 6.45) is 0.199. The first-order valence-electron chi connectivity index (χ1n) is 9.95. The number of carbonyl (C=O) groups excluding carboxylic acids is 2. The smallest absolute Gasteiger partial charge is 0.418 e. The average molecular weight is 411 g/mol. The number of hydrogen-bond acceptors (Lipinski definition) is 4. The number of benzene rings is 1. The molecule has 0 bridgehead atoms. The summed E-state index contributed by atoms with van der Waals surface area (Å²) in [6, 6.07) is 9.07. The summed E-state index contributed by atoms with van der Waals surface area (Å²) in [5, 5.41) is 12.3. The summed E-state index contributed by atoms with van der Waals surface area (Å²) in [7, 11) is 0. The van der Waals surface area contributed by atoms with E-state index in [2.05, 4.69) is 5.32 Å². The van der Waals surface area contributed by atoms with Crippen molar-refractivity contribution in [1.29, 1.82) is 0 Å². The van der Waals surface area contributed by atoms with Gasteiger partial charge in [0.15, 0.2) is 0 Å². The zero-order valence-electron chi connectivity index (χ0n) is 17.2. The molecule has 8 nitrogen and oxygen atoms in total. The minimum absolute atomic E-state index is 0.0401. The normalized spacial score (nSPS) is 20.8. The van der Waals surface area contributed by atoms with Crippen LogP contribution in [0, 0.1) is 5.92 Å². The van der Waals surface area contributed by atoms with Crippen molar-refractivity contribution < 1.29 is 24.2 Å². The Bertz CT molecular complexity index is 1020. The third-order valence-corrected chi connectivity index (χ3v) is 5.57. The molecule has 1 aromatic carbocycles. The van der Waals surface area contributed by atoms with E-state index in [0.717, 1.165) is 5.56 Å². The average Bonchev–Trinajstić information content (AvgIpc) is 3.29. The first kappa shape index (κ1) is 20.0. The first-order chi connectivity index (χ1) is 14.1. The molecule has 2 aliphatic rings. The van der Waals surface area contributed by atoms with E-state index < -0.39 is 17.8 Å². The van der Waals surface area contributed by atoms with Gasteiger partial charge in [-0.05, 0) is 50.1 Å². The molecule has 2 aliphatic heterocycles. The minimum atomic E-state index is -0.942. The van der Waals surface area contributed by atoms with Gasteiger partial charge < -0.3 is 20.1 Å². The van der Waals surface area contributed by atoms with Gasteiger partial charge in [-0.25, -0.2) is 9.59 Å². The molecule has 2 amide bonds. The van der Waals surface area contributed by atoms with Crippen LogP contribution in [0.15, 0.2) is 36.5 Å². The van der Waals surface area contributed by atoms with Crippen molar-refractivity contribution in [2.24, 2.45) is 5.92 Å². The predicted molar refractivity (Wildman–Crippen MR) is 110 cm³/mol. The molecule has 2 aromatic rings. The Morgan fingerprint density at radius 2 is 1.97 bits per heavy atom. The molecule has 2 atom stereocenters. The molecule has 2 unspecified atom stereocenters. The molecule has 8 heteroatoms. The van der Waals surface area contributed by atoms with E-state index >= 15 is 0 Å². The third-order valence-electron chi connectivity index (χ3n) is 5.57. The Hall–Kier alpha value is -3.29. The van der Waals surface area contributed by atoms with Crippen molar-refractivity contribution in [2.75, 3.05) is 19.6 Å². The molecule has 2 N–H and O–H groups in total. The second kappa shape index (κ2) is 7.19. The van der Waals surface area contributed by atoms with Gasteiger partial charge in [-0.3, -0.25) is 9.36 Å². The summed E-state index contributed by atoms with van der Waals surface area (Å²) >= 11 is 0. The summed E-state index contributed by atoms with van der Waals surface area (Å²) in [5.41, 5.74) is 2.08. The molecule has 0 aliphatic carbocycles. The maximum Gasteiger partial charge on any atom is 0.418 e. The van der Waals surface area contributed by atoms with Gasteiger partial charge >= 0.3 is 12.2 Å². The molecular weight excluding hydrogens is 386 g/mol. The van der Waals surface area contributed by atoms with Crippen molar-refractivity contribution in [3.63, 3.8) is 0 Å². The number of carbonyl (C=O) groups is 3. The van der Waals surface area contributed by atoms with E-state index in [4.69, 9.17) is 4.74 Å². The highest BCUT2D eigenvalue weighted by molar-refractivity contribution is 5.98. The monoisotopic (exact) mass is 411 g/mol. The minimum Gasteiger partial charge on any atom is -0.465 e. The van der Waals surface area contributed by atoms with Crippen LogP contribution in [0.25, 0.3) is 11.3 Å². The topological polar surface area (TPSA) is 101 Å². The molecule has 1 saturated heterocycles. The number of ether oxygens (including phenoxy) is 1. The molecular formula is C22H25N3O5. The summed E-state index contributed by atoms with van der Waals surface area (Å²) < 4.78 is 6.90. The highest BCUT2D eigenvalue weighted by atomic mass is 16.6. The first-order valence-corrected chi connectivity index (χ1v) is 9.95. The van der Waals surface area contributed by atoms with Crippen LogP contribution in [0.4, 0.5) is 9.59 Å². The Balaban J connectivity index is 1.70. The summed E-state index contributed by atoms with van der Waals surface area (Å²) in [4.78, 5) is 38.1. The molecule has 30 heavy (non-hydrogen) atoms. The van der Waals surface area contributed by atoms with Crippen LogP contribution in [0.5, 0.6) is 0 Å². The number of carboxylic acid groups (broad SMARTS) is 1. The molecule has 158 valence electrons. The van der Waals surface area contributed by atoms with Gasteiger partial charge in [-0.2, -0.15) is 0 Å². The standard InChI is InChI=1S/C22H25N3O5/c1-22(2,3)30-21(29)25-8-4-5-18(25)13-6-7-15-16(9-13)19(26)23-10-14-11-24(20(27)28)12-17(14)15/h4-9,14,17H,10-12H2,1-3H3,(H,23,26)(H,27,28). The number of hydrogen-bond donors (Lipinski definition) is 2. The fourth-order valence-corrected chi connectivity index (χ4v) is 4.23. The molecule has 3 heterocycles. The number of aromatic nitrogens is 1. The van der Waals surface area contributed by atoms with Crippen LogP contribution in [-0.4, -0.2) is 57.9 Å². The van der Waals surface area contributed by atoms with E-state index in [1.165, 1.54) is 9.47 Å². The second-order valence-corrected chi connectivity index (χ2v) is 8.81. The van der Waals surface area contributed by atoms with E-state index in [9.17, 15) is 19.5 Å². The van der Waals surface area contributed by atoms with Crippen LogP contribution >= 0.6 is 0 Å². The molecule has 0 saturated carbocycles. The number of rotatable bonds is 1. The second-order valence-electron chi connectivity index (χ2n) is 8.81. The fourth-order valence-electron chi connectivity index (χ4n) is 4.23.